The number of aliphatic hydroxyl groups is 1. The van der Waals surface area contributed by atoms with Crippen LogP contribution in [-0.4, -0.2) is 59.7 Å². The Hall–Kier alpha value is -2.43. The van der Waals surface area contributed by atoms with Crippen molar-refractivity contribution in [3.8, 4) is 0 Å². The lowest BCUT2D eigenvalue weighted by atomic mass is 10.1. The number of rotatable bonds is 7. The summed E-state index contributed by atoms with van der Waals surface area (Å²) in [5, 5.41) is 14.7. The number of ether oxygens (including phenoxy) is 1. The first-order chi connectivity index (χ1) is 15.4. The molecule has 1 aromatic carbocycles. The van der Waals surface area contributed by atoms with Gasteiger partial charge in [-0.3, -0.25) is 8.86 Å². The summed E-state index contributed by atoms with van der Waals surface area (Å²) in [6.45, 7) is 7.41. The van der Waals surface area contributed by atoms with Gasteiger partial charge in [0.25, 0.3) is 10.1 Å². The van der Waals surface area contributed by atoms with Crippen LogP contribution in [0.15, 0.2) is 36.5 Å². The maximum Gasteiger partial charge on any atom is 0.410 e. The monoisotopic (exact) mass is 479 g/mol. The van der Waals surface area contributed by atoms with Crippen molar-refractivity contribution in [3.63, 3.8) is 0 Å². The lowest BCUT2D eigenvalue weighted by molar-refractivity contribution is 0.0235. The highest BCUT2D eigenvalue weighted by atomic mass is 32.2. The fourth-order valence-electron chi connectivity index (χ4n) is 3.49. The Bertz CT molecular complexity index is 1060. The molecule has 0 radical (unpaired) electrons. The first kappa shape index (κ1) is 25.2. The van der Waals surface area contributed by atoms with E-state index < -0.39 is 21.3 Å². The second-order valence-electron chi connectivity index (χ2n) is 9.66. The summed E-state index contributed by atoms with van der Waals surface area (Å²) < 4.78 is 37.3. The summed E-state index contributed by atoms with van der Waals surface area (Å²) >= 11 is 0. The minimum Gasteiger partial charge on any atom is -0.444 e. The number of carbonyl (C=O) groups excluding carboxylic acids is 1. The lowest BCUT2D eigenvalue weighted by Crippen LogP contribution is -2.40. The summed E-state index contributed by atoms with van der Waals surface area (Å²) in [6.07, 6.45) is 2.75. The summed E-state index contributed by atoms with van der Waals surface area (Å²) in [6, 6.07) is 8.77. The van der Waals surface area contributed by atoms with E-state index in [1.807, 2.05) is 26.8 Å². The number of fused-ring (bicyclic) bond motifs is 1. The van der Waals surface area contributed by atoms with Gasteiger partial charge in [-0.05, 0) is 46.1 Å². The molecule has 0 spiro atoms. The zero-order valence-electron chi connectivity index (χ0n) is 19.7. The van der Waals surface area contributed by atoms with Gasteiger partial charge in [-0.25, -0.2) is 4.79 Å². The van der Waals surface area contributed by atoms with Gasteiger partial charge < -0.3 is 14.7 Å². The maximum atomic E-state index is 12.5. The van der Waals surface area contributed by atoms with Crippen LogP contribution in [0.2, 0.25) is 0 Å². The van der Waals surface area contributed by atoms with Crippen LogP contribution in [0.3, 0.4) is 0 Å². The van der Waals surface area contributed by atoms with Gasteiger partial charge in [0, 0.05) is 18.3 Å². The molecule has 2 heterocycles. The summed E-state index contributed by atoms with van der Waals surface area (Å²) in [4.78, 5) is 14.2. The van der Waals surface area contributed by atoms with Crippen molar-refractivity contribution in [3.05, 3.63) is 53.3 Å². The van der Waals surface area contributed by atoms with Crippen molar-refractivity contribution in [1.29, 1.82) is 0 Å². The van der Waals surface area contributed by atoms with E-state index in [1.165, 1.54) is 0 Å². The third-order valence-corrected chi connectivity index (χ3v) is 6.53. The third-order valence-electron chi connectivity index (χ3n) is 5.36. The molecule has 1 atom stereocenters. The molecule has 182 valence electrons. The molecule has 1 aromatic heterocycles. The Morgan fingerprint density at radius 2 is 1.88 bits per heavy atom. The van der Waals surface area contributed by atoms with E-state index in [4.69, 9.17) is 8.92 Å². The van der Waals surface area contributed by atoms with E-state index in [9.17, 15) is 18.3 Å². The Labute approximate surface area is 195 Å². The average molecular weight is 480 g/mol. The summed E-state index contributed by atoms with van der Waals surface area (Å²) in [5.74, 6) is -0.254. The molecule has 1 aliphatic rings. The number of amides is 1. The van der Waals surface area contributed by atoms with Gasteiger partial charge in [0.15, 0.2) is 0 Å². The van der Waals surface area contributed by atoms with E-state index >= 15 is 0 Å². The van der Waals surface area contributed by atoms with Gasteiger partial charge in [-0.1, -0.05) is 30.3 Å². The fraction of sp³-hybridized carbons (Fsp3) is 0.565. The second-order valence-corrected chi connectivity index (χ2v) is 11.3. The molecule has 1 unspecified atom stereocenters. The van der Waals surface area contributed by atoms with Crippen molar-refractivity contribution in [2.75, 3.05) is 19.8 Å². The topological polar surface area (TPSA) is 111 Å². The van der Waals surface area contributed by atoms with Crippen LogP contribution >= 0.6 is 0 Å². The molecule has 0 fully saturated rings. The largest absolute Gasteiger partial charge is 0.444 e. The molecule has 0 saturated heterocycles. The number of carbonyl (C=O) groups is 1. The van der Waals surface area contributed by atoms with E-state index in [0.29, 0.717) is 25.1 Å². The zero-order chi connectivity index (χ0) is 24.3. The molecule has 1 aliphatic heterocycles. The Kier molecular flexibility index (Phi) is 7.50. The SMILES string of the molecule is CC(C)(C)OC(=O)N1CCCc2nn(C(C)(CO)COS(=O)(=O)Cc3ccccc3)cc2C1. The number of hydrogen-bond acceptors (Lipinski definition) is 7. The standard InChI is InChI=1S/C23H33N3O6S/c1-22(2,3)32-21(28)25-12-8-11-20-19(13-25)14-26(24-20)23(4,16-27)17-31-33(29,30)15-18-9-6-5-7-10-18/h5-7,9-10,14,27H,8,11-13,15-17H2,1-4H3. The molecule has 1 N–H and O–H groups in total. The smallest absolute Gasteiger partial charge is 0.410 e. The minimum atomic E-state index is -3.85. The van der Waals surface area contributed by atoms with Crippen molar-refractivity contribution in [2.45, 2.75) is 64.0 Å². The van der Waals surface area contributed by atoms with E-state index in [2.05, 4.69) is 5.10 Å². The predicted molar refractivity (Wildman–Crippen MR) is 123 cm³/mol. The number of hydrogen-bond donors (Lipinski definition) is 1. The Morgan fingerprint density at radius 1 is 1.18 bits per heavy atom. The number of nitrogens with zero attached hydrogens (tertiary/aromatic N) is 3. The first-order valence-electron chi connectivity index (χ1n) is 11.0. The van der Waals surface area contributed by atoms with Crippen molar-refractivity contribution in [1.82, 2.24) is 14.7 Å². The van der Waals surface area contributed by atoms with Crippen LogP contribution in [0, 0.1) is 0 Å². The molecule has 2 aromatic rings. The number of aromatic nitrogens is 2. The minimum absolute atomic E-state index is 0.254. The van der Waals surface area contributed by atoms with Gasteiger partial charge in [0.05, 0.1) is 25.5 Å². The van der Waals surface area contributed by atoms with Crippen molar-refractivity contribution < 1.29 is 27.2 Å². The predicted octanol–water partition coefficient (Wildman–Crippen LogP) is 2.82. The first-order valence-corrected chi connectivity index (χ1v) is 12.6. The number of aliphatic hydroxyl groups excluding tert-OH is 1. The number of benzene rings is 1. The van der Waals surface area contributed by atoms with Gasteiger partial charge in [-0.15, -0.1) is 0 Å². The van der Waals surface area contributed by atoms with Crippen molar-refractivity contribution in [2.24, 2.45) is 0 Å². The maximum absolute atomic E-state index is 12.5. The average Bonchev–Trinajstić information content (AvgIpc) is 3.03. The fourth-order valence-corrected chi connectivity index (χ4v) is 4.61. The number of aryl methyl sites for hydroxylation is 1. The second kappa shape index (κ2) is 9.82. The Balaban J connectivity index is 1.73. The van der Waals surface area contributed by atoms with E-state index in [1.54, 1.807) is 47.0 Å². The van der Waals surface area contributed by atoms with Gasteiger partial charge in [0.2, 0.25) is 0 Å². The highest BCUT2D eigenvalue weighted by molar-refractivity contribution is 7.85. The van der Waals surface area contributed by atoms with Gasteiger partial charge >= 0.3 is 6.09 Å². The lowest BCUT2D eigenvalue weighted by Gasteiger charge is -2.28. The molecule has 3 rings (SSSR count). The molecular weight excluding hydrogens is 446 g/mol. The highest BCUT2D eigenvalue weighted by Gasteiger charge is 2.33. The summed E-state index contributed by atoms with van der Waals surface area (Å²) in [5.41, 5.74) is 0.593. The molecule has 0 bridgehead atoms. The molecule has 9 nitrogen and oxygen atoms in total. The van der Waals surface area contributed by atoms with Crippen LogP contribution < -0.4 is 0 Å². The quantitative estimate of drug-likeness (QED) is 0.608. The Morgan fingerprint density at radius 3 is 2.52 bits per heavy atom. The molecule has 33 heavy (non-hydrogen) atoms. The normalized spacial score (nSPS) is 16.6. The molecule has 1 amide bonds. The van der Waals surface area contributed by atoms with Crippen LogP contribution in [0.4, 0.5) is 4.79 Å². The summed E-state index contributed by atoms with van der Waals surface area (Å²) in [7, 11) is -3.85. The highest BCUT2D eigenvalue weighted by Crippen LogP contribution is 2.24. The third kappa shape index (κ3) is 6.78. The van der Waals surface area contributed by atoms with Crippen LogP contribution in [0.25, 0.3) is 0 Å². The van der Waals surface area contributed by atoms with Gasteiger partial charge in [0.1, 0.15) is 16.9 Å². The van der Waals surface area contributed by atoms with E-state index in [0.717, 1.165) is 17.7 Å². The molecular formula is C23H33N3O6S. The van der Waals surface area contributed by atoms with Crippen LogP contribution in [0.5, 0.6) is 0 Å². The molecule has 0 saturated carbocycles. The van der Waals surface area contributed by atoms with Gasteiger partial charge in [-0.2, -0.15) is 13.5 Å². The van der Waals surface area contributed by atoms with Crippen LogP contribution in [-0.2, 0) is 43.3 Å². The molecule has 0 aliphatic carbocycles. The van der Waals surface area contributed by atoms with E-state index in [-0.39, 0.29) is 25.1 Å². The van der Waals surface area contributed by atoms with Crippen molar-refractivity contribution >= 4 is 16.2 Å². The zero-order valence-corrected chi connectivity index (χ0v) is 20.5. The van der Waals surface area contributed by atoms with Crippen LogP contribution in [0.1, 0.15) is 50.9 Å². The molecule has 10 heteroatoms.